The standard InChI is InChI=1S/C12H14ClIN4/c1-7-9(13)16-11(12(2,3)4)17-10(7)18-6-8(14)5-15-18/h5-6H,1-4H3. The highest BCUT2D eigenvalue weighted by Gasteiger charge is 2.21. The van der Waals surface area contributed by atoms with E-state index in [1.807, 2.05) is 13.1 Å². The summed E-state index contributed by atoms with van der Waals surface area (Å²) in [6.45, 7) is 8.08. The summed E-state index contributed by atoms with van der Waals surface area (Å²) in [5.41, 5.74) is 0.691. The largest absolute Gasteiger partial charge is 0.221 e. The molecule has 0 spiro atoms. The summed E-state index contributed by atoms with van der Waals surface area (Å²) in [4.78, 5) is 8.94. The fraction of sp³-hybridized carbons (Fsp3) is 0.417. The molecule has 96 valence electrons. The fourth-order valence-electron chi connectivity index (χ4n) is 1.45. The molecule has 0 amide bonds. The number of nitrogens with zero attached hydrogens (tertiary/aromatic N) is 4. The summed E-state index contributed by atoms with van der Waals surface area (Å²) in [6.07, 6.45) is 3.70. The molecule has 18 heavy (non-hydrogen) atoms. The predicted octanol–water partition coefficient (Wildman–Crippen LogP) is 3.53. The van der Waals surface area contributed by atoms with Gasteiger partial charge in [0.05, 0.1) is 9.77 Å². The molecule has 4 nitrogen and oxygen atoms in total. The summed E-state index contributed by atoms with van der Waals surface area (Å²) in [6, 6.07) is 0. The van der Waals surface area contributed by atoms with Gasteiger partial charge in [0.1, 0.15) is 11.0 Å². The van der Waals surface area contributed by atoms with Crippen LogP contribution in [0.4, 0.5) is 0 Å². The van der Waals surface area contributed by atoms with Gasteiger partial charge in [0.25, 0.3) is 0 Å². The molecule has 0 aliphatic heterocycles. The Morgan fingerprint density at radius 3 is 2.44 bits per heavy atom. The van der Waals surface area contributed by atoms with Crippen molar-refractivity contribution in [1.82, 2.24) is 19.7 Å². The molecule has 0 aliphatic carbocycles. The summed E-state index contributed by atoms with van der Waals surface area (Å²) in [7, 11) is 0. The molecule has 0 bridgehead atoms. The van der Waals surface area contributed by atoms with Crippen LogP contribution in [0.5, 0.6) is 0 Å². The maximum absolute atomic E-state index is 6.19. The first-order chi connectivity index (χ1) is 8.29. The minimum absolute atomic E-state index is 0.146. The maximum Gasteiger partial charge on any atom is 0.161 e. The van der Waals surface area contributed by atoms with Gasteiger partial charge in [0.2, 0.25) is 0 Å². The molecule has 0 aliphatic rings. The van der Waals surface area contributed by atoms with E-state index >= 15 is 0 Å². The van der Waals surface area contributed by atoms with Crippen molar-refractivity contribution in [2.75, 3.05) is 0 Å². The van der Waals surface area contributed by atoms with Crippen molar-refractivity contribution in [2.24, 2.45) is 0 Å². The van der Waals surface area contributed by atoms with Crippen LogP contribution >= 0.6 is 34.2 Å². The molecule has 0 radical (unpaired) electrons. The zero-order valence-corrected chi connectivity index (χ0v) is 13.6. The molecule has 0 atom stereocenters. The van der Waals surface area contributed by atoms with E-state index in [2.05, 4.69) is 58.4 Å². The van der Waals surface area contributed by atoms with Crippen LogP contribution in [-0.4, -0.2) is 19.7 Å². The van der Waals surface area contributed by atoms with Crippen molar-refractivity contribution < 1.29 is 0 Å². The van der Waals surface area contributed by atoms with Gasteiger partial charge in [-0.3, -0.25) is 0 Å². The Hall–Kier alpha value is -0.690. The van der Waals surface area contributed by atoms with Crippen LogP contribution < -0.4 is 0 Å². The lowest BCUT2D eigenvalue weighted by atomic mass is 9.95. The molecular weight excluding hydrogens is 363 g/mol. The first-order valence-corrected chi connectivity index (χ1v) is 7.00. The second kappa shape index (κ2) is 4.77. The quantitative estimate of drug-likeness (QED) is 0.565. The molecule has 2 aromatic rings. The molecule has 2 heterocycles. The Morgan fingerprint density at radius 2 is 1.94 bits per heavy atom. The Labute approximate surface area is 125 Å². The topological polar surface area (TPSA) is 43.6 Å². The number of hydrogen-bond acceptors (Lipinski definition) is 3. The van der Waals surface area contributed by atoms with Crippen LogP contribution in [-0.2, 0) is 5.41 Å². The summed E-state index contributed by atoms with van der Waals surface area (Å²) in [5.74, 6) is 1.46. The average molecular weight is 377 g/mol. The number of halogens is 2. The average Bonchev–Trinajstić information content (AvgIpc) is 2.67. The smallest absolute Gasteiger partial charge is 0.161 e. The van der Waals surface area contributed by atoms with E-state index in [4.69, 9.17) is 11.6 Å². The van der Waals surface area contributed by atoms with Gasteiger partial charge in [-0.15, -0.1) is 0 Å². The molecular formula is C12H14ClIN4. The first kappa shape index (κ1) is 13.7. The van der Waals surface area contributed by atoms with Crippen LogP contribution in [0.25, 0.3) is 5.82 Å². The molecule has 2 aromatic heterocycles. The number of hydrogen-bond donors (Lipinski definition) is 0. The third-order valence-electron chi connectivity index (χ3n) is 2.50. The zero-order chi connectivity index (χ0) is 13.5. The van der Waals surface area contributed by atoms with Gasteiger partial charge in [-0.25, -0.2) is 14.6 Å². The van der Waals surface area contributed by atoms with E-state index in [0.717, 1.165) is 20.8 Å². The van der Waals surface area contributed by atoms with Crippen LogP contribution in [0.3, 0.4) is 0 Å². The SMILES string of the molecule is Cc1c(Cl)nc(C(C)(C)C)nc1-n1cc(I)cn1. The summed E-state index contributed by atoms with van der Waals surface area (Å²) in [5, 5.41) is 4.75. The third kappa shape index (κ3) is 2.66. The van der Waals surface area contributed by atoms with Crippen LogP contribution in [0.1, 0.15) is 32.2 Å². The van der Waals surface area contributed by atoms with Crippen molar-refractivity contribution in [1.29, 1.82) is 0 Å². The number of rotatable bonds is 1. The van der Waals surface area contributed by atoms with Gasteiger partial charge in [0, 0.05) is 17.2 Å². The lowest BCUT2D eigenvalue weighted by Gasteiger charge is -2.18. The second-order valence-corrected chi connectivity index (χ2v) is 6.74. The van der Waals surface area contributed by atoms with E-state index < -0.39 is 0 Å². The van der Waals surface area contributed by atoms with E-state index in [1.54, 1.807) is 10.9 Å². The first-order valence-electron chi connectivity index (χ1n) is 5.54. The van der Waals surface area contributed by atoms with Gasteiger partial charge < -0.3 is 0 Å². The fourth-order valence-corrected chi connectivity index (χ4v) is 2.01. The minimum atomic E-state index is -0.146. The highest BCUT2D eigenvalue weighted by molar-refractivity contribution is 14.1. The lowest BCUT2D eigenvalue weighted by molar-refractivity contribution is 0.541. The Bertz CT molecular complexity index is 586. The molecule has 6 heteroatoms. The van der Waals surface area contributed by atoms with Crippen LogP contribution in [0, 0.1) is 10.5 Å². The Morgan fingerprint density at radius 1 is 1.28 bits per heavy atom. The predicted molar refractivity (Wildman–Crippen MR) is 80.3 cm³/mol. The Kier molecular flexibility index (Phi) is 3.64. The van der Waals surface area contributed by atoms with E-state index in [9.17, 15) is 0 Å². The summed E-state index contributed by atoms with van der Waals surface area (Å²) >= 11 is 8.40. The molecule has 0 N–H and O–H groups in total. The Balaban J connectivity index is 2.63. The van der Waals surface area contributed by atoms with Gasteiger partial charge in [0.15, 0.2) is 5.82 Å². The maximum atomic E-state index is 6.19. The minimum Gasteiger partial charge on any atom is -0.221 e. The van der Waals surface area contributed by atoms with Crippen molar-refractivity contribution in [3.63, 3.8) is 0 Å². The van der Waals surface area contributed by atoms with Crippen LogP contribution in [0.2, 0.25) is 5.15 Å². The molecule has 2 rings (SSSR count). The van der Waals surface area contributed by atoms with Gasteiger partial charge >= 0.3 is 0 Å². The van der Waals surface area contributed by atoms with Crippen LogP contribution in [0.15, 0.2) is 12.4 Å². The number of aromatic nitrogens is 4. The van der Waals surface area contributed by atoms with Crippen molar-refractivity contribution >= 4 is 34.2 Å². The normalized spacial score (nSPS) is 11.9. The lowest BCUT2D eigenvalue weighted by Crippen LogP contribution is -2.18. The third-order valence-corrected chi connectivity index (χ3v) is 3.42. The summed E-state index contributed by atoms with van der Waals surface area (Å²) < 4.78 is 2.79. The highest BCUT2D eigenvalue weighted by Crippen LogP contribution is 2.25. The van der Waals surface area contributed by atoms with Crippen molar-refractivity contribution in [3.05, 3.63) is 32.5 Å². The van der Waals surface area contributed by atoms with E-state index in [1.165, 1.54) is 0 Å². The van der Waals surface area contributed by atoms with Crippen molar-refractivity contribution in [3.8, 4) is 5.82 Å². The molecule has 0 saturated carbocycles. The van der Waals surface area contributed by atoms with E-state index in [-0.39, 0.29) is 5.41 Å². The molecule has 0 aromatic carbocycles. The van der Waals surface area contributed by atoms with Gasteiger partial charge in [-0.2, -0.15) is 5.10 Å². The van der Waals surface area contributed by atoms with E-state index in [0.29, 0.717) is 5.15 Å². The molecule has 0 saturated heterocycles. The molecule has 0 fully saturated rings. The van der Waals surface area contributed by atoms with Gasteiger partial charge in [-0.1, -0.05) is 32.4 Å². The van der Waals surface area contributed by atoms with Crippen molar-refractivity contribution in [2.45, 2.75) is 33.1 Å². The van der Waals surface area contributed by atoms with Gasteiger partial charge in [-0.05, 0) is 29.5 Å². The second-order valence-electron chi connectivity index (χ2n) is 5.14. The monoisotopic (exact) mass is 376 g/mol. The highest BCUT2D eigenvalue weighted by atomic mass is 127. The molecule has 0 unspecified atom stereocenters. The zero-order valence-electron chi connectivity index (χ0n) is 10.7.